The van der Waals surface area contributed by atoms with Gasteiger partial charge in [0.05, 0.1) is 11.9 Å². The molecule has 3 aromatic rings. The molecule has 1 fully saturated rings. The first kappa shape index (κ1) is 19.9. The summed E-state index contributed by atoms with van der Waals surface area (Å²) in [6, 6.07) is 13.6. The molecule has 152 valence electrons. The van der Waals surface area contributed by atoms with Gasteiger partial charge < -0.3 is 10.2 Å². The topological polar surface area (TPSA) is 58.1 Å². The maximum atomic E-state index is 12.9. The first-order chi connectivity index (χ1) is 14.5. The second-order valence-corrected chi connectivity index (χ2v) is 8.35. The first-order valence-electron chi connectivity index (χ1n) is 10.4. The molecule has 5 heteroatoms. The van der Waals surface area contributed by atoms with E-state index in [0.29, 0.717) is 24.1 Å². The minimum atomic E-state index is 0.181. The predicted molar refractivity (Wildman–Crippen MR) is 120 cm³/mol. The highest BCUT2D eigenvalue weighted by molar-refractivity contribution is 5.92. The van der Waals surface area contributed by atoms with E-state index in [1.807, 2.05) is 47.4 Å². The molecule has 0 radical (unpaired) electrons. The summed E-state index contributed by atoms with van der Waals surface area (Å²) in [4.78, 5) is 23.7. The summed E-state index contributed by atoms with van der Waals surface area (Å²) in [5.41, 5.74) is 3.46. The number of benzene rings is 2. The van der Waals surface area contributed by atoms with Gasteiger partial charge in [-0.1, -0.05) is 31.9 Å². The van der Waals surface area contributed by atoms with Crippen LogP contribution in [0.2, 0.25) is 0 Å². The Bertz CT molecular complexity index is 1110. The summed E-state index contributed by atoms with van der Waals surface area (Å²) in [7, 11) is 0. The summed E-state index contributed by atoms with van der Waals surface area (Å²) in [6.07, 6.45) is 8.62. The van der Waals surface area contributed by atoms with Crippen LogP contribution < -0.4 is 5.32 Å². The minimum Gasteiger partial charge on any atom is -0.342 e. The third-order valence-corrected chi connectivity index (χ3v) is 5.57. The molecular weight excluding hydrogens is 372 g/mol. The van der Waals surface area contributed by atoms with Gasteiger partial charge in [0, 0.05) is 29.7 Å². The molecule has 1 N–H and O–H groups in total. The van der Waals surface area contributed by atoms with Crippen molar-refractivity contribution in [3.8, 4) is 12.3 Å². The lowest BCUT2D eigenvalue weighted by molar-refractivity contribution is -0.133. The second-order valence-electron chi connectivity index (χ2n) is 8.35. The molecular formula is C25H26N4O. The highest BCUT2D eigenvalue weighted by atomic mass is 16.2. The zero-order valence-electron chi connectivity index (χ0n) is 17.4. The van der Waals surface area contributed by atoms with E-state index in [1.165, 1.54) is 12.7 Å². The fraction of sp³-hybridized carbons (Fsp3) is 0.320. The summed E-state index contributed by atoms with van der Waals surface area (Å²) >= 11 is 0. The van der Waals surface area contributed by atoms with Gasteiger partial charge in [-0.2, -0.15) is 0 Å². The predicted octanol–water partition coefficient (Wildman–Crippen LogP) is 4.40. The van der Waals surface area contributed by atoms with Crippen molar-refractivity contribution >= 4 is 28.3 Å². The number of hydrogen-bond acceptors (Lipinski definition) is 4. The maximum Gasteiger partial charge on any atom is 0.227 e. The van der Waals surface area contributed by atoms with Crippen LogP contribution in [0.3, 0.4) is 0 Å². The molecule has 30 heavy (non-hydrogen) atoms. The van der Waals surface area contributed by atoms with Crippen LogP contribution in [0, 0.1) is 24.2 Å². The van der Waals surface area contributed by atoms with Gasteiger partial charge in [0.25, 0.3) is 0 Å². The Morgan fingerprint density at radius 3 is 2.73 bits per heavy atom. The first-order valence-corrected chi connectivity index (χ1v) is 10.4. The molecule has 2 aromatic carbocycles. The van der Waals surface area contributed by atoms with Crippen molar-refractivity contribution in [1.82, 2.24) is 14.9 Å². The van der Waals surface area contributed by atoms with E-state index < -0.39 is 0 Å². The number of piperidine rings is 1. The normalized spacial score (nSPS) is 18.8. The van der Waals surface area contributed by atoms with Gasteiger partial charge in [-0.05, 0) is 54.2 Å². The van der Waals surface area contributed by atoms with Crippen LogP contribution in [0.5, 0.6) is 0 Å². The Morgan fingerprint density at radius 2 is 1.97 bits per heavy atom. The van der Waals surface area contributed by atoms with Gasteiger partial charge in [0.15, 0.2) is 0 Å². The molecule has 4 rings (SSSR count). The number of nitrogens with one attached hydrogen (secondary N) is 1. The van der Waals surface area contributed by atoms with Gasteiger partial charge in [0.1, 0.15) is 12.1 Å². The quantitative estimate of drug-likeness (QED) is 0.662. The molecule has 1 aliphatic heterocycles. The lowest BCUT2D eigenvalue weighted by Gasteiger charge is -2.35. The standard InChI is InChI=1S/C25H26N4O/c1-4-19-6-5-7-21(11-19)28-25-22-12-20(8-9-23(22)26-16-27-25)13-24(30)29-14-17(2)10-18(3)15-29/h1,5-9,11-12,16-18H,10,13-15H2,2-3H3,(H,26,27,28). The molecule has 0 aliphatic carbocycles. The molecule has 1 aromatic heterocycles. The van der Waals surface area contributed by atoms with Gasteiger partial charge >= 0.3 is 0 Å². The molecule has 2 heterocycles. The Balaban J connectivity index is 1.58. The molecule has 0 spiro atoms. The lowest BCUT2D eigenvalue weighted by Crippen LogP contribution is -2.43. The summed E-state index contributed by atoms with van der Waals surface area (Å²) in [6.45, 7) is 6.13. The fourth-order valence-electron chi connectivity index (χ4n) is 4.29. The zero-order valence-corrected chi connectivity index (χ0v) is 17.4. The van der Waals surface area contributed by atoms with Crippen molar-refractivity contribution in [3.05, 3.63) is 59.9 Å². The average molecular weight is 399 g/mol. The number of rotatable bonds is 4. The highest BCUT2D eigenvalue weighted by Crippen LogP contribution is 2.26. The van der Waals surface area contributed by atoms with Gasteiger partial charge in [0.2, 0.25) is 5.91 Å². The third kappa shape index (κ3) is 4.44. The van der Waals surface area contributed by atoms with Gasteiger partial charge in [-0.3, -0.25) is 4.79 Å². The van der Waals surface area contributed by atoms with E-state index >= 15 is 0 Å². The van der Waals surface area contributed by atoms with E-state index in [4.69, 9.17) is 6.42 Å². The van der Waals surface area contributed by atoms with E-state index in [2.05, 4.69) is 35.1 Å². The number of carbonyl (C=O) groups is 1. The summed E-state index contributed by atoms with van der Waals surface area (Å²) in [5, 5.41) is 4.22. The smallest absolute Gasteiger partial charge is 0.227 e. The SMILES string of the molecule is C#Cc1cccc(Nc2ncnc3ccc(CC(=O)N4CC(C)CC(C)C4)cc23)c1. The maximum absolute atomic E-state index is 12.9. The van der Waals surface area contributed by atoms with Crippen LogP contribution in [0.4, 0.5) is 11.5 Å². The Morgan fingerprint density at radius 1 is 1.17 bits per heavy atom. The van der Waals surface area contributed by atoms with Crippen LogP contribution in [0.25, 0.3) is 10.9 Å². The Labute approximate surface area is 177 Å². The molecule has 5 nitrogen and oxygen atoms in total. The fourth-order valence-corrected chi connectivity index (χ4v) is 4.29. The van der Waals surface area contributed by atoms with Crippen molar-refractivity contribution in [1.29, 1.82) is 0 Å². The molecule has 1 saturated heterocycles. The number of aromatic nitrogens is 2. The molecule has 0 saturated carbocycles. The third-order valence-electron chi connectivity index (χ3n) is 5.57. The number of likely N-dealkylation sites (tertiary alicyclic amines) is 1. The number of anilines is 2. The summed E-state index contributed by atoms with van der Waals surface area (Å²) < 4.78 is 0. The molecule has 2 unspecified atom stereocenters. The van der Waals surface area contributed by atoms with E-state index in [1.54, 1.807) is 0 Å². The van der Waals surface area contributed by atoms with Crippen LogP contribution in [-0.2, 0) is 11.2 Å². The molecule has 0 bridgehead atoms. The van der Waals surface area contributed by atoms with Crippen LogP contribution in [-0.4, -0.2) is 33.9 Å². The van der Waals surface area contributed by atoms with Crippen LogP contribution in [0.1, 0.15) is 31.4 Å². The van der Waals surface area contributed by atoms with Crippen molar-refractivity contribution in [3.63, 3.8) is 0 Å². The van der Waals surface area contributed by atoms with Gasteiger partial charge in [-0.15, -0.1) is 6.42 Å². The Kier molecular flexibility index (Phi) is 5.67. The highest BCUT2D eigenvalue weighted by Gasteiger charge is 2.25. The van der Waals surface area contributed by atoms with E-state index in [-0.39, 0.29) is 5.91 Å². The molecule has 1 amide bonds. The zero-order chi connectivity index (χ0) is 21.1. The average Bonchev–Trinajstić information content (AvgIpc) is 2.73. The number of fused-ring (bicyclic) bond motifs is 1. The van der Waals surface area contributed by atoms with Crippen LogP contribution >= 0.6 is 0 Å². The molecule has 2 atom stereocenters. The van der Waals surface area contributed by atoms with Crippen LogP contribution in [0.15, 0.2) is 48.8 Å². The number of terminal acetylenes is 1. The number of nitrogens with zero attached hydrogens (tertiary/aromatic N) is 3. The van der Waals surface area contributed by atoms with E-state index in [9.17, 15) is 4.79 Å². The Hall–Kier alpha value is -3.39. The van der Waals surface area contributed by atoms with Crippen molar-refractivity contribution < 1.29 is 4.79 Å². The lowest BCUT2D eigenvalue weighted by atomic mass is 9.91. The summed E-state index contributed by atoms with van der Waals surface area (Å²) in [5.74, 6) is 4.63. The van der Waals surface area contributed by atoms with Gasteiger partial charge in [-0.25, -0.2) is 9.97 Å². The monoisotopic (exact) mass is 398 g/mol. The van der Waals surface area contributed by atoms with Crippen molar-refractivity contribution in [2.24, 2.45) is 11.8 Å². The second kappa shape index (κ2) is 8.54. The minimum absolute atomic E-state index is 0.181. The number of amides is 1. The van der Waals surface area contributed by atoms with Crippen molar-refractivity contribution in [2.45, 2.75) is 26.7 Å². The number of hydrogen-bond donors (Lipinski definition) is 1. The van der Waals surface area contributed by atoms with E-state index in [0.717, 1.165) is 40.8 Å². The number of carbonyl (C=O) groups excluding carboxylic acids is 1. The van der Waals surface area contributed by atoms with Crippen molar-refractivity contribution in [2.75, 3.05) is 18.4 Å². The molecule has 1 aliphatic rings. The largest absolute Gasteiger partial charge is 0.342 e.